The second-order valence-corrected chi connectivity index (χ2v) is 3.84. The van der Waals surface area contributed by atoms with Crippen LogP contribution in [0.5, 0.6) is 0 Å². The van der Waals surface area contributed by atoms with Gasteiger partial charge in [0.15, 0.2) is 0 Å². The summed E-state index contributed by atoms with van der Waals surface area (Å²) in [5, 5.41) is 7.03. The van der Waals surface area contributed by atoms with E-state index < -0.39 is 29.6 Å². The first-order chi connectivity index (χ1) is 8.93. The SMILES string of the molecule is CCNC(=O)NC(=O)C(C)Nc1ccc(F)cc1F. The standard InChI is InChI=1S/C12H15F2N3O2/c1-3-15-12(19)17-11(18)7(2)16-10-5-4-8(13)6-9(10)14/h4-7,16H,3H2,1-2H3,(H2,15,17,18,19). The first-order valence-corrected chi connectivity index (χ1v) is 5.74. The molecule has 0 spiro atoms. The maximum absolute atomic E-state index is 13.3. The van der Waals surface area contributed by atoms with E-state index in [-0.39, 0.29) is 5.69 Å². The van der Waals surface area contributed by atoms with Crippen LogP contribution in [0.4, 0.5) is 19.3 Å². The van der Waals surface area contributed by atoms with Gasteiger partial charge in [0.05, 0.1) is 5.69 Å². The Hall–Kier alpha value is -2.18. The molecule has 0 bridgehead atoms. The smallest absolute Gasteiger partial charge is 0.321 e. The maximum atomic E-state index is 13.3. The molecule has 19 heavy (non-hydrogen) atoms. The number of carbonyl (C=O) groups is 2. The lowest BCUT2D eigenvalue weighted by atomic mass is 10.2. The first kappa shape index (κ1) is 14.9. The Morgan fingerprint density at radius 2 is 2.00 bits per heavy atom. The van der Waals surface area contributed by atoms with Gasteiger partial charge in [-0.3, -0.25) is 10.1 Å². The van der Waals surface area contributed by atoms with Crippen molar-refractivity contribution in [1.29, 1.82) is 0 Å². The number of benzene rings is 1. The Morgan fingerprint density at radius 1 is 1.32 bits per heavy atom. The third-order valence-corrected chi connectivity index (χ3v) is 2.27. The summed E-state index contributed by atoms with van der Waals surface area (Å²) in [6, 6.07) is 1.49. The minimum Gasteiger partial charge on any atom is -0.372 e. The van der Waals surface area contributed by atoms with E-state index in [4.69, 9.17) is 0 Å². The molecule has 7 heteroatoms. The van der Waals surface area contributed by atoms with Crippen molar-refractivity contribution in [3.8, 4) is 0 Å². The average Bonchev–Trinajstić information content (AvgIpc) is 2.32. The highest BCUT2D eigenvalue weighted by Crippen LogP contribution is 2.15. The van der Waals surface area contributed by atoms with Gasteiger partial charge in [-0.2, -0.15) is 0 Å². The monoisotopic (exact) mass is 271 g/mol. The number of rotatable bonds is 4. The van der Waals surface area contributed by atoms with Gasteiger partial charge in [-0.25, -0.2) is 13.6 Å². The fourth-order valence-electron chi connectivity index (χ4n) is 1.33. The summed E-state index contributed by atoms with van der Waals surface area (Å²) in [7, 11) is 0. The van der Waals surface area contributed by atoms with E-state index in [2.05, 4.69) is 16.0 Å². The number of anilines is 1. The largest absolute Gasteiger partial charge is 0.372 e. The minimum absolute atomic E-state index is 0.0139. The number of urea groups is 1. The van der Waals surface area contributed by atoms with Crippen LogP contribution in [0.2, 0.25) is 0 Å². The average molecular weight is 271 g/mol. The molecule has 0 saturated heterocycles. The van der Waals surface area contributed by atoms with Crippen molar-refractivity contribution >= 4 is 17.6 Å². The van der Waals surface area contributed by atoms with E-state index in [1.54, 1.807) is 6.92 Å². The fourth-order valence-corrected chi connectivity index (χ4v) is 1.33. The van der Waals surface area contributed by atoms with Crippen LogP contribution in [0, 0.1) is 11.6 Å². The van der Waals surface area contributed by atoms with Gasteiger partial charge in [0.1, 0.15) is 17.7 Å². The molecule has 5 nitrogen and oxygen atoms in total. The highest BCUT2D eigenvalue weighted by Gasteiger charge is 2.16. The van der Waals surface area contributed by atoms with Gasteiger partial charge in [0.2, 0.25) is 5.91 Å². The minimum atomic E-state index is -0.845. The van der Waals surface area contributed by atoms with Crippen molar-refractivity contribution in [1.82, 2.24) is 10.6 Å². The second-order valence-electron chi connectivity index (χ2n) is 3.84. The molecule has 0 radical (unpaired) electrons. The molecule has 1 aromatic carbocycles. The van der Waals surface area contributed by atoms with Crippen molar-refractivity contribution in [3.05, 3.63) is 29.8 Å². The summed E-state index contributed by atoms with van der Waals surface area (Å²) in [5.74, 6) is -2.13. The van der Waals surface area contributed by atoms with Gasteiger partial charge in [0, 0.05) is 12.6 Å². The van der Waals surface area contributed by atoms with Crippen molar-refractivity contribution in [3.63, 3.8) is 0 Å². The van der Waals surface area contributed by atoms with E-state index in [0.717, 1.165) is 6.07 Å². The number of amides is 3. The van der Waals surface area contributed by atoms with Crippen LogP contribution in [-0.2, 0) is 4.79 Å². The number of hydrogen-bond acceptors (Lipinski definition) is 3. The van der Waals surface area contributed by atoms with Crippen molar-refractivity contribution in [2.45, 2.75) is 19.9 Å². The summed E-state index contributed by atoms with van der Waals surface area (Å²) < 4.78 is 26.0. The molecule has 0 heterocycles. The van der Waals surface area contributed by atoms with Gasteiger partial charge < -0.3 is 10.6 Å². The fraction of sp³-hybridized carbons (Fsp3) is 0.333. The van der Waals surface area contributed by atoms with Crippen molar-refractivity contribution in [2.75, 3.05) is 11.9 Å². The van der Waals surface area contributed by atoms with Gasteiger partial charge in [-0.1, -0.05) is 0 Å². The van der Waals surface area contributed by atoms with Gasteiger partial charge in [0.25, 0.3) is 0 Å². The summed E-state index contributed by atoms with van der Waals surface area (Å²) in [5.41, 5.74) is -0.0139. The molecule has 1 aromatic rings. The third-order valence-electron chi connectivity index (χ3n) is 2.27. The van der Waals surface area contributed by atoms with Gasteiger partial charge in [-0.05, 0) is 26.0 Å². The number of halogens is 2. The van der Waals surface area contributed by atoms with E-state index in [1.807, 2.05) is 0 Å². The van der Waals surface area contributed by atoms with Crippen LogP contribution in [0.1, 0.15) is 13.8 Å². The van der Waals surface area contributed by atoms with Gasteiger partial charge in [-0.15, -0.1) is 0 Å². The zero-order valence-corrected chi connectivity index (χ0v) is 10.6. The summed E-state index contributed by atoms with van der Waals surface area (Å²) >= 11 is 0. The zero-order valence-electron chi connectivity index (χ0n) is 10.6. The molecule has 0 aliphatic heterocycles. The molecule has 0 aromatic heterocycles. The molecule has 0 aliphatic rings. The van der Waals surface area contributed by atoms with E-state index in [1.165, 1.54) is 13.0 Å². The number of imide groups is 1. The molecule has 3 N–H and O–H groups in total. The highest BCUT2D eigenvalue weighted by atomic mass is 19.1. The zero-order chi connectivity index (χ0) is 14.4. The predicted octanol–water partition coefficient (Wildman–Crippen LogP) is 1.61. The predicted molar refractivity (Wildman–Crippen MR) is 66.7 cm³/mol. The Kier molecular flexibility index (Phi) is 5.23. The van der Waals surface area contributed by atoms with E-state index >= 15 is 0 Å². The molecule has 0 saturated carbocycles. The van der Waals surface area contributed by atoms with Gasteiger partial charge >= 0.3 is 6.03 Å². The Labute approximate surface area is 109 Å². The van der Waals surface area contributed by atoms with Crippen LogP contribution < -0.4 is 16.0 Å². The van der Waals surface area contributed by atoms with E-state index in [9.17, 15) is 18.4 Å². The van der Waals surface area contributed by atoms with Crippen molar-refractivity contribution in [2.24, 2.45) is 0 Å². The topological polar surface area (TPSA) is 70.2 Å². The summed E-state index contributed by atoms with van der Waals surface area (Å²) in [6.07, 6.45) is 0. The van der Waals surface area contributed by atoms with Crippen molar-refractivity contribution < 1.29 is 18.4 Å². The summed E-state index contributed by atoms with van der Waals surface area (Å²) in [6.45, 7) is 3.55. The lowest BCUT2D eigenvalue weighted by Crippen LogP contribution is -2.45. The molecule has 1 atom stereocenters. The number of hydrogen-bond donors (Lipinski definition) is 3. The molecular weight excluding hydrogens is 256 g/mol. The first-order valence-electron chi connectivity index (χ1n) is 5.74. The molecule has 104 valence electrons. The molecule has 0 aliphatic carbocycles. The number of nitrogens with one attached hydrogen (secondary N) is 3. The summed E-state index contributed by atoms with van der Waals surface area (Å²) in [4.78, 5) is 22.7. The molecular formula is C12H15F2N3O2. The third kappa shape index (κ3) is 4.53. The Morgan fingerprint density at radius 3 is 2.58 bits per heavy atom. The Balaban J connectivity index is 2.61. The van der Waals surface area contributed by atoms with Crippen LogP contribution in [0.3, 0.4) is 0 Å². The molecule has 3 amide bonds. The lowest BCUT2D eigenvalue weighted by Gasteiger charge is -2.15. The number of carbonyl (C=O) groups excluding carboxylic acids is 2. The normalized spacial score (nSPS) is 11.6. The van der Waals surface area contributed by atoms with Crippen LogP contribution in [0.25, 0.3) is 0 Å². The molecule has 1 rings (SSSR count). The van der Waals surface area contributed by atoms with Crippen LogP contribution >= 0.6 is 0 Å². The van der Waals surface area contributed by atoms with Crippen LogP contribution in [-0.4, -0.2) is 24.5 Å². The maximum Gasteiger partial charge on any atom is 0.321 e. The Bertz CT molecular complexity index is 480. The second kappa shape index (κ2) is 6.67. The quantitative estimate of drug-likeness (QED) is 0.779. The van der Waals surface area contributed by atoms with Crippen LogP contribution in [0.15, 0.2) is 18.2 Å². The van der Waals surface area contributed by atoms with E-state index in [0.29, 0.717) is 12.6 Å². The highest BCUT2D eigenvalue weighted by molar-refractivity contribution is 5.97. The molecule has 0 fully saturated rings. The lowest BCUT2D eigenvalue weighted by molar-refractivity contribution is -0.120. The molecule has 1 unspecified atom stereocenters.